The van der Waals surface area contributed by atoms with Crippen LogP contribution in [0.1, 0.15) is 6.42 Å². The van der Waals surface area contributed by atoms with Crippen LogP contribution in [0.25, 0.3) is 0 Å². The monoisotopic (exact) mass is 286 g/mol. The molecule has 2 nitrogen and oxygen atoms in total. The second-order valence-electron chi connectivity index (χ2n) is 2.47. The van der Waals surface area contributed by atoms with Crippen molar-refractivity contribution in [3.8, 4) is 0 Å². The molecule has 0 aliphatic rings. The van der Waals surface area contributed by atoms with E-state index in [1.165, 1.54) is 0 Å². The topological polar surface area (TPSA) is 40.9 Å². The van der Waals surface area contributed by atoms with E-state index in [9.17, 15) is 13.6 Å². The number of carbonyl (C=O) groups excluding carboxylic acids is 1. The molecule has 1 N–H and O–H groups in total. The van der Waals surface area contributed by atoms with Crippen LogP contribution >= 0.6 is 0 Å². The number of alkyl halides is 2. The Bertz CT molecular complexity index is 184. The van der Waals surface area contributed by atoms with Crippen molar-refractivity contribution in [1.29, 1.82) is 5.41 Å². The molecule has 0 aliphatic heterocycles. The van der Waals surface area contributed by atoms with Gasteiger partial charge in [-0.1, -0.05) is 0 Å². The van der Waals surface area contributed by atoms with E-state index < -0.39 is 24.0 Å². The Morgan fingerprint density at radius 2 is 2.15 bits per heavy atom. The van der Waals surface area contributed by atoms with Crippen LogP contribution in [-0.4, -0.2) is 23.7 Å². The Morgan fingerprint density at radius 3 is 2.38 bits per heavy atom. The van der Waals surface area contributed by atoms with Gasteiger partial charge < -0.3 is 18.0 Å². The Hall–Kier alpha value is 0.290. The summed E-state index contributed by atoms with van der Waals surface area (Å²) in [6.45, 7) is 2.57. The van der Waals surface area contributed by atoms with Gasteiger partial charge in [0.05, 0.1) is 6.21 Å². The van der Waals surface area contributed by atoms with Gasteiger partial charge in [0.2, 0.25) is 0 Å². The summed E-state index contributed by atoms with van der Waals surface area (Å²) in [6, 6.07) is 0. The van der Waals surface area contributed by atoms with Crippen LogP contribution in [-0.2, 0) is 39.8 Å². The Labute approximate surface area is 96.9 Å². The van der Waals surface area contributed by atoms with E-state index in [2.05, 4.69) is 19.6 Å². The number of halogens is 2. The zero-order chi connectivity index (χ0) is 9.78. The maximum absolute atomic E-state index is 12.3. The van der Waals surface area contributed by atoms with Crippen LogP contribution in [0, 0.1) is 18.3 Å². The summed E-state index contributed by atoms with van der Waals surface area (Å²) < 4.78 is 24.5. The number of carbonyl (C=O) groups is 1. The first-order valence-corrected chi connectivity index (χ1v) is 3.84. The number of hydrogen-bond donors (Lipinski definition) is 1. The minimum atomic E-state index is -3.14. The second-order valence-corrected chi connectivity index (χ2v) is 2.80. The van der Waals surface area contributed by atoms with Crippen molar-refractivity contribution >= 4 is 24.6 Å². The first-order chi connectivity index (χ1) is 5.40. The number of ketones is 1. The number of hydrogen-bond acceptors (Lipinski definition) is 3. The van der Waals surface area contributed by atoms with Crippen LogP contribution in [0.4, 0.5) is 8.78 Å². The minimum absolute atomic E-state index is 0. The van der Waals surface area contributed by atoms with Crippen molar-refractivity contribution in [2.45, 2.75) is 12.3 Å². The van der Waals surface area contributed by atoms with Crippen LogP contribution in [0.5, 0.6) is 0 Å². The summed E-state index contributed by atoms with van der Waals surface area (Å²) in [5.74, 6) is -4.85. The van der Waals surface area contributed by atoms with Crippen LogP contribution < -0.4 is 0 Å². The molecule has 0 spiro atoms. The third-order valence-electron chi connectivity index (χ3n) is 1.29. The van der Waals surface area contributed by atoms with Gasteiger partial charge in [-0.15, -0.1) is 0 Å². The third-order valence-corrected chi connectivity index (χ3v) is 1.69. The van der Waals surface area contributed by atoms with Crippen molar-refractivity contribution in [2.24, 2.45) is 5.92 Å². The molecule has 0 bridgehead atoms. The van der Waals surface area contributed by atoms with Gasteiger partial charge in [0.15, 0.2) is 5.78 Å². The molecule has 1 radical (unpaired) electrons. The van der Waals surface area contributed by atoms with E-state index in [-0.39, 0.29) is 28.1 Å². The molecular formula is C7H9F2NNbOS. The van der Waals surface area contributed by atoms with Gasteiger partial charge in [-0.2, -0.15) is 5.75 Å². The van der Waals surface area contributed by atoms with Crippen molar-refractivity contribution in [2.75, 3.05) is 5.75 Å². The van der Waals surface area contributed by atoms with E-state index in [1.807, 2.05) is 0 Å². The van der Waals surface area contributed by atoms with E-state index in [1.54, 1.807) is 0 Å². The molecule has 0 aromatic rings. The van der Waals surface area contributed by atoms with Gasteiger partial charge >= 0.3 is 22.4 Å². The zero-order valence-corrected chi connectivity index (χ0v) is 9.81. The maximum Gasteiger partial charge on any atom is 2.00 e. The van der Waals surface area contributed by atoms with Crippen LogP contribution in [0.2, 0.25) is 0 Å². The summed E-state index contributed by atoms with van der Waals surface area (Å²) in [7, 11) is 0. The van der Waals surface area contributed by atoms with Gasteiger partial charge in [-0.3, -0.25) is 11.7 Å². The minimum Gasteiger partial charge on any atom is -0.792 e. The molecule has 13 heavy (non-hydrogen) atoms. The Kier molecular flexibility index (Phi) is 8.12. The van der Waals surface area contributed by atoms with Crippen LogP contribution in [0.15, 0.2) is 0 Å². The normalized spacial score (nSPS) is 12.9. The fourth-order valence-corrected chi connectivity index (χ4v) is 1.00. The molecule has 0 saturated heterocycles. The maximum atomic E-state index is 12.3. The van der Waals surface area contributed by atoms with Gasteiger partial charge in [0.25, 0.3) is 0 Å². The van der Waals surface area contributed by atoms with E-state index in [4.69, 9.17) is 5.41 Å². The molecule has 1 atom stereocenters. The van der Waals surface area contributed by atoms with Gasteiger partial charge in [-0.05, 0) is 6.42 Å². The molecule has 6 heteroatoms. The molecule has 0 aromatic heterocycles. The van der Waals surface area contributed by atoms with Crippen LogP contribution in [0.3, 0.4) is 0 Å². The summed E-state index contributed by atoms with van der Waals surface area (Å²) in [5, 5.41) is 6.56. The molecule has 73 valence electrons. The smallest absolute Gasteiger partial charge is 0.792 e. The summed E-state index contributed by atoms with van der Waals surface area (Å²) in [5.41, 5.74) is 0. The van der Waals surface area contributed by atoms with Crippen molar-refractivity contribution in [3.05, 3.63) is 6.92 Å². The van der Waals surface area contributed by atoms with E-state index in [0.29, 0.717) is 6.21 Å². The van der Waals surface area contributed by atoms with E-state index in [0.717, 1.165) is 0 Å². The molecule has 0 heterocycles. The first kappa shape index (κ1) is 15.7. The molecule has 0 amide bonds. The van der Waals surface area contributed by atoms with Crippen molar-refractivity contribution < 1.29 is 36.0 Å². The molecule has 0 aromatic carbocycles. The number of nitrogens with one attached hydrogen (secondary N) is 1. The second kappa shape index (κ2) is 6.70. The quantitative estimate of drug-likeness (QED) is 0.357. The average molecular weight is 286 g/mol. The SMILES string of the molecule is [CH2-]C(F)(F)CC(C[S-])C(=O)C=N.[Nb+2]. The molecule has 0 fully saturated rings. The van der Waals surface area contributed by atoms with Gasteiger partial charge in [0, 0.05) is 5.92 Å². The zero-order valence-electron chi connectivity index (χ0n) is 6.80. The van der Waals surface area contributed by atoms with Crippen molar-refractivity contribution in [3.63, 3.8) is 0 Å². The molecule has 0 rings (SSSR count). The van der Waals surface area contributed by atoms with Gasteiger partial charge in [-0.25, -0.2) is 8.78 Å². The first-order valence-electron chi connectivity index (χ1n) is 3.26. The average Bonchev–Trinajstić information content (AvgIpc) is 1.97. The standard InChI is InChI=1S/C7H10F2NOS.Nb/c1-7(8,9)2-5(4-12)6(11)3-10;/h3,5,10,12H,1-2,4H2;/q-1;+2/p-1. The fourth-order valence-electron chi connectivity index (χ4n) is 0.720. The molecule has 0 aliphatic carbocycles. The predicted molar refractivity (Wildman–Crippen MR) is 44.4 cm³/mol. The Morgan fingerprint density at radius 1 is 1.69 bits per heavy atom. The Balaban J connectivity index is 0. The van der Waals surface area contributed by atoms with E-state index >= 15 is 0 Å². The van der Waals surface area contributed by atoms with Crippen molar-refractivity contribution in [1.82, 2.24) is 0 Å². The summed E-state index contributed by atoms with van der Waals surface area (Å²) in [6.07, 6.45) is -0.159. The van der Waals surface area contributed by atoms with Gasteiger partial charge in [0.1, 0.15) is 5.92 Å². The molecular weight excluding hydrogens is 277 g/mol. The number of Topliss-reactive ketones (excluding diaryl/α,β-unsaturated/α-hetero) is 1. The predicted octanol–water partition coefficient (Wildman–Crippen LogP) is 1.23. The third kappa shape index (κ3) is 7.37. The summed E-state index contributed by atoms with van der Waals surface area (Å²) in [4.78, 5) is 10.7. The summed E-state index contributed by atoms with van der Waals surface area (Å²) >= 11 is 4.50. The molecule has 1 unspecified atom stereocenters. The largest absolute Gasteiger partial charge is 2.00 e. The molecule has 0 saturated carbocycles. The number of rotatable bonds is 5. The fraction of sp³-hybridized carbons (Fsp3) is 0.571.